The molecule has 19 heavy (non-hydrogen) atoms. The molecule has 1 fully saturated rings. The van der Waals surface area contributed by atoms with Gasteiger partial charge in [0.05, 0.1) is 12.1 Å². The lowest BCUT2D eigenvalue weighted by Crippen LogP contribution is -2.29. The molecule has 106 valence electrons. The van der Waals surface area contributed by atoms with Gasteiger partial charge in [0.25, 0.3) is 0 Å². The fraction of sp³-hybridized carbons (Fsp3) is 0.647. The summed E-state index contributed by atoms with van der Waals surface area (Å²) in [5.74, 6) is 0.948. The van der Waals surface area contributed by atoms with E-state index in [9.17, 15) is 0 Å². The summed E-state index contributed by atoms with van der Waals surface area (Å²) in [6.45, 7) is 5.26. The Morgan fingerprint density at radius 2 is 1.95 bits per heavy atom. The molecule has 0 bridgehead atoms. The average Bonchev–Trinajstić information content (AvgIpc) is 3.24. The van der Waals surface area contributed by atoms with Crippen molar-refractivity contribution in [2.75, 3.05) is 13.7 Å². The van der Waals surface area contributed by atoms with Gasteiger partial charge in [-0.05, 0) is 43.9 Å². The fourth-order valence-corrected chi connectivity index (χ4v) is 2.56. The van der Waals surface area contributed by atoms with E-state index in [0.29, 0.717) is 0 Å². The van der Waals surface area contributed by atoms with E-state index >= 15 is 0 Å². The van der Waals surface area contributed by atoms with Crippen LogP contribution >= 0.6 is 0 Å². The molecule has 0 aliphatic heterocycles. The Bertz CT molecular complexity index is 369. The molecule has 1 N–H and O–H groups in total. The van der Waals surface area contributed by atoms with Gasteiger partial charge >= 0.3 is 0 Å². The van der Waals surface area contributed by atoms with Crippen molar-refractivity contribution in [3.8, 4) is 0 Å². The van der Waals surface area contributed by atoms with Crippen molar-refractivity contribution in [1.82, 2.24) is 5.32 Å². The smallest absolute Gasteiger partial charge is 0.0741 e. The van der Waals surface area contributed by atoms with Crippen LogP contribution < -0.4 is 5.32 Å². The van der Waals surface area contributed by atoms with Gasteiger partial charge in [0.15, 0.2) is 0 Å². The van der Waals surface area contributed by atoms with Crippen molar-refractivity contribution < 1.29 is 4.74 Å². The summed E-state index contributed by atoms with van der Waals surface area (Å²) in [6.07, 6.45) is 5.36. The molecular weight excluding hydrogens is 234 g/mol. The molecule has 2 nitrogen and oxygen atoms in total. The number of nitrogens with one attached hydrogen (secondary N) is 1. The van der Waals surface area contributed by atoms with Gasteiger partial charge in [-0.2, -0.15) is 0 Å². The van der Waals surface area contributed by atoms with Crippen LogP contribution in [0.15, 0.2) is 24.3 Å². The van der Waals surface area contributed by atoms with Gasteiger partial charge in [0, 0.05) is 6.61 Å². The second-order valence-electron chi connectivity index (χ2n) is 5.67. The van der Waals surface area contributed by atoms with Crippen LogP contribution in [-0.4, -0.2) is 19.8 Å². The lowest BCUT2D eigenvalue weighted by molar-refractivity contribution is 0.0368. The minimum Gasteiger partial charge on any atom is -0.377 e. The van der Waals surface area contributed by atoms with Crippen molar-refractivity contribution in [2.45, 2.75) is 51.7 Å². The molecule has 0 amide bonds. The van der Waals surface area contributed by atoms with Crippen LogP contribution in [-0.2, 0) is 11.2 Å². The average molecular weight is 261 g/mol. The zero-order valence-electron chi connectivity index (χ0n) is 12.5. The highest BCUT2D eigenvalue weighted by Gasteiger charge is 2.22. The van der Waals surface area contributed by atoms with Crippen molar-refractivity contribution in [3.05, 3.63) is 35.4 Å². The molecule has 1 aliphatic carbocycles. The quantitative estimate of drug-likeness (QED) is 0.770. The third-order valence-electron chi connectivity index (χ3n) is 4.13. The second kappa shape index (κ2) is 7.06. The summed E-state index contributed by atoms with van der Waals surface area (Å²) >= 11 is 0. The SMILES string of the molecule is CCc1ccc(C(NC)C(C)OCCC2CC2)cc1. The fourth-order valence-electron chi connectivity index (χ4n) is 2.56. The van der Waals surface area contributed by atoms with Crippen molar-refractivity contribution in [1.29, 1.82) is 0 Å². The summed E-state index contributed by atoms with van der Waals surface area (Å²) in [7, 11) is 2.01. The van der Waals surface area contributed by atoms with Crippen molar-refractivity contribution in [3.63, 3.8) is 0 Å². The third-order valence-corrected chi connectivity index (χ3v) is 4.13. The maximum absolute atomic E-state index is 5.99. The number of hydrogen-bond donors (Lipinski definition) is 1. The van der Waals surface area contributed by atoms with E-state index < -0.39 is 0 Å². The lowest BCUT2D eigenvalue weighted by atomic mass is 10.0. The Labute approximate surface area is 117 Å². The molecule has 0 heterocycles. The minimum absolute atomic E-state index is 0.219. The van der Waals surface area contributed by atoms with Crippen LogP contribution in [0.25, 0.3) is 0 Å². The van der Waals surface area contributed by atoms with E-state index in [0.717, 1.165) is 18.9 Å². The third kappa shape index (κ3) is 4.32. The molecule has 0 saturated heterocycles. The maximum Gasteiger partial charge on any atom is 0.0741 e. The Morgan fingerprint density at radius 3 is 2.47 bits per heavy atom. The molecule has 1 aromatic carbocycles. The standard InChI is InChI=1S/C17H27NO/c1-4-14-7-9-16(10-8-14)17(18-3)13(2)19-12-11-15-5-6-15/h7-10,13,15,17-18H,4-6,11-12H2,1-3H3. The number of aryl methyl sites for hydroxylation is 1. The van der Waals surface area contributed by atoms with Crippen LogP contribution in [0.4, 0.5) is 0 Å². The van der Waals surface area contributed by atoms with Crippen LogP contribution in [0.2, 0.25) is 0 Å². The predicted molar refractivity (Wildman–Crippen MR) is 80.4 cm³/mol. The lowest BCUT2D eigenvalue weighted by Gasteiger charge is -2.24. The second-order valence-corrected chi connectivity index (χ2v) is 5.67. The Kier molecular flexibility index (Phi) is 5.41. The monoisotopic (exact) mass is 261 g/mol. The topological polar surface area (TPSA) is 21.3 Å². The van der Waals surface area contributed by atoms with Crippen LogP contribution in [0.1, 0.15) is 50.3 Å². The van der Waals surface area contributed by atoms with E-state index in [1.54, 1.807) is 0 Å². The first-order valence-corrected chi connectivity index (χ1v) is 7.62. The molecular formula is C17H27NO. The number of hydrogen-bond acceptors (Lipinski definition) is 2. The van der Waals surface area contributed by atoms with Gasteiger partial charge in [-0.15, -0.1) is 0 Å². The van der Waals surface area contributed by atoms with Gasteiger partial charge in [-0.1, -0.05) is 44.0 Å². The van der Waals surface area contributed by atoms with Crippen LogP contribution in [0, 0.1) is 5.92 Å². The number of benzene rings is 1. The highest BCUT2D eigenvalue weighted by Crippen LogP contribution is 2.32. The number of likely N-dealkylation sites (N-methyl/N-ethyl adjacent to an activating group) is 1. The molecule has 2 atom stereocenters. The van der Waals surface area contributed by atoms with Crippen molar-refractivity contribution >= 4 is 0 Å². The molecule has 1 saturated carbocycles. The molecule has 0 spiro atoms. The zero-order valence-corrected chi connectivity index (χ0v) is 12.5. The normalized spacial score (nSPS) is 18.3. The Balaban J connectivity index is 1.88. The van der Waals surface area contributed by atoms with Gasteiger partial charge in [-0.25, -0.2) is 0 Å². The minimum atomic E-state index is 0.219. The molecule has 2 heteroatoms. The van der Waals surface area contributed by atoms with Crippen LogP contribution in [0.5, 0.6) is 0 Å². The molecule has 1 aliphatic rings. The van der Waals surface area contributed by atoms with E-state index in [4.69, 9.17) is 4.74 Å². The zero-order chi connectivity index (χ0) is 13.7. The van der Waals surface area contributed by atoms with Gasteiger partial charge in [0.1, 0.15) is 0 Å². The summed E-state index contributed by atoms with van der Waals surface area (Å²) in [6, 6.07) is 9.17. The summed E-state index contributed by atoms with van der Waals surface area (Å²) in [4.78, 5) is 0. The summed E-state index contributed by atoms with van der Waals surface area (Å²) in [5.41, 5.74) is 2.71. The summed E-state index contributed by atoms with van der Waals surface area (Å²) in [5, 5.41) is 3.38. The van der Waals surface area contributed by atoms with Gasteiger partial charge in [-0.3, -0.25) is 0 Å². The first-order valence-electron chi connectivity index (χ1n) is 7.62. The number of rotatable bonds is 8. The first-order chi connectivity index (χ1) is 9.24. The van der Waals surface area contributed by atoms with E-state index in [2.05, 4.69) is 43.4 Å². The van der Waals surface area contributed by atoms with E-state index in [1.165, 1.54) is 30.4 Å². The largest absolute Gasteiger partial charge is 0.377 e. The van der Waals surface area contributed by atoms with Gasteiger partial charge < -0.3 is 10.1 Å². The molecule has 0 aromatic heterocycles. The highest BCUT2D eigenvalue weighted by atomic mass is 16.5. The first kappa shape index (κ1) is 14.5. The Hall–Kier alpha value is -0.860. The highest BCUT2D eigenvalue weighted by molar-refractivity contribution is 5.25. The van der Waals surface area contributed by atoms with Crippen molar-refractivity contribution in [2.24, 2.45) is 5.92 Å². The molecule has 2 rings (SSSR count). The molecule has 2 unspecified atom stereocenters. The van der Waals surface area contributed by atoms with E-state index in [-0.39, 0.29) is 12.1 Å². The summed E-state index contributed by atoms with van der Waals surface area (Å²) < 4.78 is 5.99. The maximum atomic E-state index is 5.99. The molecule has 0 radical (unpaired) electrons. The Morgan fingerprint density at radius 1 is 1.26 bits per heavy atom. The van der Waals surface area contributed by atoms with Gasteiger partial charge in [0.2, 0.25) is 0 Å². The number of ether oxygens (including phenoxy) is 1. The van der Waals surface area contributed by atoms with E-state index in [1.807, 2.05) is 7.05 Å². The predicted octanol–water partition coefficient (Wildman–Crippen LogP) is 3.71. The molecule has 1 aromatic rings. The van der Waals surface area contributed by atoms with Crippen LogP contribution in [0.3, 0.4) is 0 Å².